The van der Waals surface area contributed by atoms with Crippen LogP contribution in [0.2, 0.25) is 0 Å². The van der Waals surface area contributed by atoms with Crippen LogP contribution in [0, 0.1) is 26.6 Å². The summed E-state index contributed by atoms with van der Waals surface area (Å²) in [6, 6.07) is 3.72. The van der Waals surface area contributed by atoms with E-state index in [1.807, 2.05) is 0 Å². The molecule has 0 radical (unpaired) electrons. The Morgan fingerprint density at radius 2 is 1.82 bits per heavy atom. The van der Waals surface area contributed by atoms with Crippen LogP contribution in [0.25, 0.3) is 0 Å². The number of hydrogen-bond donors (Lipinski definition) is 2. The molecule has 1 saturated heterocycles. The molecular formula is C23H29FN4O5S. The third kappa shape index (κ3) is 5.20. The Balaban J connectivity index is 1.80. The maximum Gasteiger partial charge on any atom is 0.294 e. The van der Waals surface area contributed by atoms with E-state index in [9.17, 15) is 27.2 Å². The number of carbonyl (C=O) groups excluding carboxylic acids is 3. The number of aryl methyl sites for hydroxylation is 1. The molecule has 2 N–H and O–H groups in total. The van der Waals surface area contributed by atoms with Gasteiger partial charge in [-0.15, -0.1) is 0 Å². The Kier molecular flexibility index (Phi) is 7.27. The highest BCUT2D eigenvalue weighted by Gasteiger charge is 2.32. The second-order valence-electron chi connectivity index (χ2n) is 8.67. The number of aromatic nitrogens is 1. The number of carbonyl (C=O) groups is 3. The van der Waals surface area contributed by atoms with Crippen LogP contribution in [-0.4, -0.2) is 60.3 Å². The Morgan fingerprint density at radius 1 is 1.15 bits per heavy atom. The summed E-state index contributed by atoms with van der Waals surface area (Å²) in [6.45, 7) is 5.32. The number of nitrogens with one attached hydrogen (secondary N) is 2. The monoisotopic (exact) mass is 492 g/mol. The molecule has 0 spiro atoms. The van der Waals surface area contributed by atoms with Gasteiger partial charge in [-0.1, -0.05) is 0 Å². The van der Waals surface area contributed by atoms with Gasteiger partial charge in [-0.25, -0.2) is 17.1 Å². The van der Waals surface area contributed by atoms with E-state index >= 15 is 0 Å². The average Bonchev–Trinajstić information content (AvgIpc) is 2.98. The molecular weight excluding hydrogens is 463 g/mol. The number of benzene rings is 1. The van der Waals surface area contributed by atoms with Gasteiger partial charge in [0.05, 0.1) is 17.5 Å². The molecule has 0 aliphatic carbocycles. The van der Waals surface area contributed by atoms with Gasteiger partial charge in [-0.2, -0.15) is 0 Å². The van der Waals surface area contributed by atoms with Crippen LogP contribution >= 0.6 is 0 Å². The van der Waals surface area contributed by atoms with Gasteiger partial charge in [-0.3, -0.25) is 14.4 Å². The molecule has 0 bridgehead atoms. The lowest BCUT2D eigenvalue weighted by Gasteiger charge is -2.31. The van der Waals surface area contributed by atoms with Crippen molar-refractivity contribution in [2.24, 2.45) is 7.05 Å². The smallest absolute Gasteiger partial charge is 0.294 e. The molecule has 0 unspecified atom stereocenters. The van der Waals surface area contributed by atoms with Crippen molar-refractivity contribution in [3.63, 3.8) is 0 Å². The number of Topliss-reactive ketones (excluding diaryl/α,β-unsaturated/α-hetero) is 1. The van der Waals surface area contributed by atoms with Crippen LogP contribution < -0.4 is 10.6 Å². The van der Waals surface area contributed by atoms with Crippen molar-refractivity contribution in [2.45, 2.75) is 39.7 Å². The first-order chi connectivity index (χ1) is 15.8. The molecule has 9 nitrogen and oxygen atoms in total. The van der Waals surface area contributed by atoms with Crippen LogP contribution in [0.15, 0.2) is 18.2 Å². The number of nitrogens with zero attached hydrogens (tertiary/aromatic N) is 2. The van der Waals surface area contributed by atoms with E-state index in [-0.39, 0.29) is 23.6 Å². The Hall–Kier alpha value is -3.05. The molecule has 2 heterocycles. The number of sulfonamides is 1. The standard InChI is InChI=1S/C23H29FN4O5S/c1-13-11-16(8-9-18(13)24)25-22(30)19-14(2)20(27(4)15(19)3)21(29)23(31)26-17-7-6-10-28(12-17)34(5,32)33/h8-9,11,17H,6-7,10,12H2,1-5H3,(H,25,30)(H,26,31)/t17-/m0/s1. The van der Waals surface area contributed by atoms with Crippen molar-refractivity contribution < 1.29 is 27.2 Å². The third-order valence-electron chi connectivity index (χ3n) is 6.18. The summed E-state index contributed by atoms with van der Waals surface area (Å²) in [7, 11) is -1.80. The van der Waals surface area contributed by atoms with Crippen molar-refractivity contribution in [2.75, 3.05) is 24.7 Å². The number of halogens is 1. The first kappa shape index (κ1) is 25.6. The van der Waals surface area contributed by atoms with E-state index in [0.29, 0.717) is 41.9 Å². The molecule has 34 heavy (non-hydrogen) atoms. The van der Waals surface area contributed by atoms with E-state index in [0.717, 1.165) is 6.26 Å². The van der Waals surface area contributed by atoms with E-state index in [1.165, 1.54) is 27.1 Å². The quantitative estimate of drug-likeness (QED) is 0.473. The highest BCUT2D eigenvalue weighted by Crippen LogP contribution is 2.24. The Morgan fingerprint density at radius 3 is 2.44 bits per heavy atom. The molecule has 2 aromatic rings. The maximum atomic E-state index is 13.5. The lowest BCUT2D eigenvalue weighted by molar-refractivity contribution is -0.117. The molecule has 11 heteroatoms. The highest BCUT2D eigenvalue weighted by atomic mass is 32.2. The summed E-state index contributed by atoms with van der Waals surface area (Å²) in [6.07, 6.45) is 2.24. The fraction of sp³-hybridized carbons (Fsp3) is 0.435. The number of rotatable bonds is 6. The number of anilines is 1. The average molecular weight is 493 g/mol. The summed E-state index contributed by atoms with van der Waals surface area (Å²) in [5.74, 6) is -2.53. The third-order valence-corrected chi connectivity index (χ3v) is 7.45. The van der Waals surface area contributed by atoms with Gasteiger partial charge in [0, 0.05) is 37.6 Å². The summed E-state index contributed by atoms with van der Waals surface area (Å²) in [4.78, 5) is 38.7. The van der Waals surface area contributed by atoms with Gasteiger partial charge in [0.25, 0.3) is 17.6 Å². The summed E-state index contributed by atoms with van der Waals surface area (Å²) < 4.78 is 39.9. The van der Waals surface area contributed by atoms with Gasteiger partial charge in [0.15, 0.2) is 0 Å². The minimum absolute atomic E-state index is 0.0752. The fourth-order valence-corrected chi connectivity index (χ4v) is 5.18. The van der Waals surface area contributed by atoms with Gasteiger partial charge in [0.1, 0.15) is 5.82 Å². The van der Waals surface area contributed by atoms with Crippen molar-refractivity contribution in [3.8, 4) is 0 Å². The zero-order valence-electron chi connectivity index (χ0n) is 19.9. The van der Waals surface area contributed by atoms with Gasteiger partial charge >= 0.3 is 0 Å². The Bertz CT molecular complexity index is 1270. The van der Waals surface area contributed by atoms with Crippen molar-refractivity contribution in [1.29, 1.82) is 0 Å². The van der Waals surface area contributed by atoms with Crippen molar-refractivity contribution in [1.82, 2.24) is 14.2 Å². The molecule has 2 amide bonds. The number of piperidine rings is 1. The van der Waals surface area contributed by atoms with Gasteiger partial charge in [-0.05, 0) is 62.9 Å². The van der Waals surface area contributed by atoms with E-state index < -0.39 is 33.7 Å². The van der Waals surface area contributed by atoms with Crippen molar-refractivity contribution in [3.05, 3.63) is 52.1 Å². The zero-order valence-corrected chi connectivity index (χ0v) is 20.7. The molecule has 1 fully saturated rings. The van der Waals surface area contributed by atoms with Crippen LogP contribution in [0.5, 0.6) is 0 Å². The van der Waals surface area contributed by atoms with E-state index in [2.05, 4.69) is 10.6 Å². The fourth-order valence-electron chi connectivity index (χ4n) is 4.27. The molecule has 3 rings (SSSR count). The van der Waals surface area contributed by atoms with Gasteiger partial charge < -0.3 is 15.2 Å². The number of ketones is 1. The van der Waals surface area contributed by atoms with Crippen LogP contribution in [0.4, 0.5) is 10.1 Å². The predicted octanol–water partition coefficient (Wildman–Crippen LogP) is 2.06. The molecule has 184 valence electrons. The second kappa shape index (κ2) is 9.67. The summed E-state index contributed by atoms with van der Waals surface area (Å²) >= 11 is 0. The molecule has 1 aliphatic heterocycles. The maximum absolute atomic E-state index is 13.5. The zero-order chi connectivity index (χ0) is 25.4. The second-order valence-corrected chi connectivity index (χ2v) is 10.7. The Labute approximate surface area is 198 Å². The highest BCUT2D eigenvalue weighted by molar-refractivity contribution is 7.88. The van der Waals surface area contributed by atoms with Crippen molar-refractivity contribution >= 4 is 33.3 Å². The first-order valence-corrected chi connectivity index (χ1v) is 12.7. The largest absolute Gasteiger partial charge is 0.345 e. The normalized spacial score (nSPS) is 16.8. The first-order valence-electron chi connectivity index (χ1n) is 10.8. The molecule has 1 atom stereocenters. The van der Waals surface area contributed by atoms with Crippen LogP contribution in [0.3, 0.4) is 0 Å². The SMILES string of the molecule is Cc1cc(NC(=O)c2c(C)c(C(=O)C(=O)N[C@H]3CCCN(S(C)(=O)=O)C3)n(C)c2C)ccc1F. The van der Waals surface area contributed by atoms with E-state index in [1.54, 1.807) is 27.8 Å². The molecule has 1 aliphatic rings. The minimum atomic E-state index is -3.40. The number of hydrogen-bond acceptors (Lipinski definition) is 5. The molecule has 0 saturated carbocycles. The lowest BCUT2D eigenvalue weighted by Crippen LogP contribution is -2.50. The predicted molar refractivity (Wildman–Crippen MR) is 126 cm³/mol. The summed E-state index contributed by atoms with van der Waals surface area (Å²) in [5.41, 5.74) is 1.95. The minimum Gasteiger partial charge on any atom is -0.345 e. The van der Waals surface area contributed by atoms with Crippen LogP contribution in [0.1, 0.15) is 50.5 Å². The molecule has 1 aromatic heterocycles. The van der Waals surface area contributed by atoms with E-state index in [4.69, 9.17) is 0 Å². The topological polar surface area (TPSA) is 118 Å². The molecule has 1 aromatic carbocycles. The number of amides is 2. The van der Waals surface area contributed by atoms with Gasteiger partial charge in [0.2, 0.25) is 10.0 Å². The van der Waals surface area contributed by atoms with Crippen LogP contribution in [-0.2, 0) is 21.9 Å². The summed E-state index contributed by atoms with van der Waals surface area (Å²) in [5, 5.41) is 5.35. The lowest BCUT2D eigenvalue weighted by atomic mass is 10.1.